The van der Waals surface area contributed by atoms with Gasteiger partial charge in [0, 0.05) is 0 Å². The number of primary amides is 1. The van der Waals surface area contributed by atoms with Crippen molar-refractivity contribution in [3.8, 4) is 0 Å². The SMILES string of the molecule is CC(=O)C(Cc1ccccc1)(C(N)=O)c1ccccc1. The molecule has 0 saturated heterocycles. The van der Waals surface area contributed by atoms with Gasteiger partial charge in [-0.05, 0) is 24.5 Å². The van der Waals surface area contributed by atoms with Crippen LogP contribution in [0.25, 0.3) is 0 Å². The lowest BCUT2D eigenvalue weighted by atomic mass is 9.72. The van der Waals surface area contributed by atoms with Gasteiger partial charge in [-0.2, -0.15) is 0 Å². The first-order chi connectivity index (χ1) is 9.57. The minimum Gasteiger partial charge on any atom is -0.369 e. The molecule has 2 aromatic rings. The van der Waals surface area contributed by atoms with Crippen LogP contribution in [0.3, 0.4) is 0 Å². The summed E-state index contributed by atoms with van der Waals surface area (Å²) in [7, 11) is 0. The monoisotopic (exact) mass is 267 g/mol. The van der Waals surface area contributed by atoms with Crippen molar-refractivity contribution in [2.24, 2.45) is 5.73 Å². The Morgan fingerprint density at radius 2 is 1.45 bits per heavy atom. The van der Waals surface area contributed by atoms with Crippen LogP contribution in [0.2, 0.25) is 0 Å². The predicted molar refractivity (Wildman–Crippen MR) is 78.1 cm³/mol. The summed E-state index contributed by atoms with van der Waals surface area (Å²) in [6.07, 6.45) is 0.280. The van der Waals surface area contributed by atoms with Crippen molar-refractivity contribution in [2.45, 2.75) is 18.8 Å². The molecule has 2 aromatic carbocycles. The Morgan fingerprint density at radius 3 is 1.90 bits per heavy atom. The van der Waals surface area contributed by atoms with Gasteiger partial charge in [-0.1, -0.05) is 60.7 Å². The minimum absolute atomic E-state index is 0.236. The predicted octanol–water partition coefficient (Wildman–Crippen LogP) is 2.24. The maximum atomic E-state index is 12.2. The molecule has 0 aromatic heterocycles. The fraction of sp³-hybridized carbons (Fsp3) is 0.176. The molecule has 0 radical (unpaired) electrons. The van der Waals surface area contributed by atoms with Crippen molar-refractivity contribution in [1.29, 1.82) is 0 Å². The molecule has 2 N–H and O–H groups in total. The number of ketones is 1. The van der Waals surface area contributed by atoms with Gasteiger partial charge in [-0.15, -0.1) is 0 Å². The Kier molecular flexibility index (Phi) is 3.99. The van der Waals surface area contributed by atoms with Crippen molar-refractivity contribution >= 4 is 11.7 Å². The number of benzene rings is 2. The van der Waals surface area contributed by atoms with Crippen molar-refractivity contribution < 1.29 is 9.59 Å². The summed E-state index contributed by atoms with van der Waals surface area (Å²) in [5.74, 6) is -0.847. The molecular formula is C17H17NO2. The summed E-state index contributed by atoms with van der Waals surface area (Å²) in [5, 5.41) is 0. The average molecular weight is 267 g/mol. The van der Waals surface area contributed by atoms with Crippen LogP contribution in [0, 0.1) is 0 Å². The second-order valence-electron chi connectivity index (χ2n) is 4.85. The molecule has 20 heavy (non-hydrogen) atoms. The van der Waals surface area contributed by atoms with Crippen LogP contribution < -0.4 is 5.73 Å². The molecule has 0 saturated carbocycles. The maximum Gasteiger partial charge on any atom is 0.235 e. The van der Waals surface area contributed by atoms with E-state index in [0.717, 1.165) is 5.56 Å². The molecule has 0 aliphatic heterocycles. The number of carbonyl (C=O) groups excluding carboxylic acids is 2. The van der Waals surface area contributed by atoms with E-state index in [1.807, 2.05) is 36.4 Å². The molecular weight excluding hydrogens is 250 g/mol. The molecule has 3 heteroatoms. The number of Topliss-reactive ketones (excluding diaryl/α,β-unsaturated/α-hetero) is 1. The summed E-state index contributed by atoms with van der Waals surface area (Å²) >= 11 is 0. The molecule has 0 heterocycles. The summed E-state index contributed by atoms with van der Waals surface area (Å²) in [4.78, 5) is 24.3. The Hall–Kier alpha value is -2.42. The lowest BCUT2D eigenvalue weighted by Crippen LogP contribution is -2.48. The number of hydrogen-bond acceptors (Lipinski definition) is 2. The minimum atomic E-state index is -1.30. The topological polar surface area (TPSA) is 60.2 Å². The Morgan fingerprint density at radius 1 is 0.950 bits per heavy atom. The summed E-state index contributed by atoms with van der Waals surface area (Å²) in [5.41, 5.74) is 5.84. The standard InChI is InChI=1S/C17H17NO2/c1-13(19)17(16(18)20,15-10-6-3-7-11-15)12-14-8-4-2-5-9-14/h2-11H,12H2,1H3,(H2,18,20). The zero-order chi connectivity index (χ0) is 14.6. The van der Waals surface area contributed by atoms with E-state index in [9.17, 15) is 9.59 Å². The first kappa shape index (κ1) is 14.0. The van der Waals surface area contributed by atoms with Gasteiger partial charge in [0.2, 0.25) is 5.91 Å². The first-order valence-electron chi connectivity index (χ1n) is 6.48. The average Bonchev–Trinajstić information content (AvgIpc) is 2.46. The van der Waals surface area contributed by atoms with Crippen molar-refractivity contribution in [1.82, 2.24) is 0 Å². The zero-order valence-corrected chi connectivity index (χ0v) is 11.4. The number of nitrogens with two attached hydrogens (primary N) is 1. The molecule has 2 rings (SSSR count). The third kappa shape index (κ3) is 2.48. The fourth-order valence-corrected chi connectivity index (χ4v) is 2.46. The molecule has 0 aliphatic rings. The van der Waals surface area contributed by atoms with E-state index >= 15 is 0 Å². The quantitative estimate of drug-likeness (QED) is 0.844. The zero-order valence-electron chi connectivity index (χ0n) is 11.4. The highest BCUT2D eigenvalue weighted by Crippen LogP contribution is 2.29. The van der Waals surface area contributed by atoms with E-state index < -0.39 is 11.3 Å². The Balaban J connectivity index is 2.55. The number of hydrogen-bond donors (Lipinski definition) is 1. The van der Waals surface area contributed by atoms with Crippen LogP contribution in [0.1, 0.15) is 18.1 Å². The van der Waals surface area contributed by atoms with E-state index in [2.05, 4.69) is 0 Å². The lowest BCUT2D eigenvalue weighted by molar-refractivity contribution is -0.133. The van der Waals surface area contributed by atoms with Gasteiger partial charge in [0.15, 0.2) is 0 Å². The fourth-order valence-electron chi connectivity index (χ4n) is 2.46. The van der Waals surface area contributed by atoms with Crippen LogP contribution in [0.5, 0.6) is 0 Å². The molecule has 102 valence electrons. The molecule has 0 bridgehead atoms. The van der Waals surface area contributed by atoms with Gasteiger partial charge in [0.25, 0.3) is 0 Å². The number of amides is 1. The van der Waals surface area contributed by atoms with Gasteiger partial charge in [0.1, 0.15) is 11.2 Å². The van der Waals surface area contributed by atoms with Crippen LogP contribution in [-0.4, -0.2) is 11.7 Å². The first-order valence-corrected chi connectivity index (χ1v) is 6.48. The summed E-state index contributed by atoms with van der Waals surface area (Å²) in [6, 6.07) is 18.4. The Labute approximate surface area is 118 Å². The van der Waals surface area contributed by atoms with Crippen molar-refractivity contribution in [3.05, 3.63) is 71.8 Å². The smallest absolute Gasteiger partial charge is 0.235 e. The van der Waals surface area contributed by atoms with Gasteiger partial charge in [-0.3, -0.25) is 9.59 Å². The van der Waals surface area contributed by atoms with E-state index in [1.165, 1.54) is 6.92 Å². The van der Waals surface area contributed by atoms with Crippen LogP contribution >= 0.6 is 0 Å². The lowest BCUT2D eigenvalue weighted by Gasteiger charge is -2.28. The second kappa shape index (κ2) is 5.70. The van der Waals surface area contributed by atoms with E-state index in [0.29, 0.717) is 5.56 Å². The number of carbonyl (C=O) groups is 2. The molecule has 1 unspecified atom stereocenters. The molecule has 0 aliphatic carbocycles. The Bertz CT molecular complexity index is 591. The highest BCUT2D eigenvalue weighted by Gasteiger charge is 2.43. The maximum absolute atomic E-state index is 12.2. The largest absolute Gasteiger partial charge is 0.369 e. The van der Waals surface area contributed by atoms with Gasteiger partial charge in [0.05, 0.1) is 0 Å². The van der Waals surface area contributed by atoms with Crippen molar-refractivity contribution in [3.63, 3.8) is 0 Å². The van der Waals surface area contributed by atoms with E-state index in [1.54, 1.807) is 24.3 Å². The van der Waals surface area contributed by atoms with Crippen LogP contribution in [0.4, 0.5) is 0 Å². The van der Waals surface area contributed by atoms with Crippen LogP contribution in [-0.2, 0) is 21.4 Å². The van der Waals surface area contributed by atoms with Gasteiger partial charge >= 0.3 is 0 Å². The summed E-state index contributed by atoms with van der Waals surface area (Å²) < 4.78 is 0. The molecule has 3 nitrogen and oxygen atoms in total. The third-order valence-corrected chi connectivity index (χ3v) is 3.60. The molecule has 1 amide bonds. The molecule has 0 spiro atoms. The third-order valence-electron chi connectivity index (χ3n) is 3.60. The van der Waals surface area contributed by atoms with Crippen LogP contribution in [0.15, 0.2) is 60.7 Å². The van der Waals surface area contributed by atoms with Crippen molar-refractivity contribution in [2.75, 3.05) is 0 Å². The van der Waals surface area contributed by atoms with E-state index in [4.69, 9.17) is 5.73 Å². The molecule has 1 atom stereocenters. The number of rotatable bonds is 5. The highest BCUT2D eigenvalue weighted by molar-refractivity contribution is 6.10. The molecule has 0 fully saturated rings. The second-order valence-corrected chi connectivity index (χ2v) is 4.85. The summed E-state index contributed by atoms with van der Waals surface area (Å²) in [6.45, 7) is 1.42. The van der Waals surface area contributed by atoms with Gasteiger partial charge in [-0.25, -0.2) is 0 Å². The van der Waals surface area contributed by atoms with E-state index in [-0.39, 0.29) is 12.2 Å². The normalized spacial score (nSPS) is 13.4. The van der Waals surface area contributed by atoms with Gasteiger partial charge < -0.3 is 5.73 Å². The highest BCUT2D eigenvalue weighted by atomic mass is 16.2.